The molecule has 4 N–H and O–H groups in total. The number of aryl methyl sites for hydroxylation is 1. The third kappa shape index (κ3) is 5.39. The summed E-state index contributed by atoms with van der Waals surface area (Å²) in [7, 11) is 1.77. The summed E-state index contributed by atoms with van der Waals surface area (Å²) in [4.78, 5) is 26.7. The van der Waals surface area contributed by atoms with E-state index < -0.39 is 0 Å². The van der Waals surface area contributed by atoms with Crippen molar-refractivity contribution in [3.63, 3.8) is 0 Å². The molecule has 1 saturated carbocycles. The average molecular weight is 404 g/mol. The van der Waals surface area contributed by atoms with Crippen molar-refractivity contribution in [3.8, 4) is 0 Å². The van der Waals surface area contributed by atoms with Crippen molar-refractivity contribution in [2.24, 2.45) is 0 Å². The predicted molar refractivity (Wildman–Crippen MR) is 113 cm³/mol. The smallest absolute Gasteiger partial charge is 0.236 e. The summed E-state index contributed by atoms with van der Waals surface area (Å²) in [6.45, 7) is 4.97. The molecule has 1 aliphatic carbocycles. The zero-order valence-corrected chi connectivity index (χ0v) is 17.5. The Kier molecular flexibility index (Phi) is 7.16. The monoisotopic (exact) mass is 403 g/mol. The van der Waals surface area contributed by atoms with Crippen LogP contribution in [0.2, 0.25) is 0 Å². The fourth-order valence-electron chi connectivity index (χ4n) is 2.81. The van der Waals surface area contributed by atoms with Crippen molar-refractivity contribution in [1.82, 2.24) is 25.6 Å². The topological polar surface area (TPSA) is 104 Å². The second kappa shape index (κ2) is 9.79. The van der Waals surface area contributed by atoms with Gasteiger partial charge in [0, 0.05) is 36.7 Å². The van der Waals surface area contributed by atoms with Crippen molar-refractivity contribution in [2.45, 2.75) is 51.5 Å². The molecule has 2 aromatic heterocycles. The van der Waals surface area contributed by atoms with Crippen molar-refractivity contribution in [1.29, 1.82) is 0 Å². The lowest BCUT2D eigenvalue weighted by molar-refractivity contribution is -0.122. The molecule has 1 unspecified atom stereocenters. The quantitative estimate of drug-likeness (QED) is 0.452. The number of rotatable bonds is 10. The van der Waals surface area contributed by atoms with Gasteiger partial charge < -0.3 is 21.3 Å². The van der Waals surface area contributed by atoms with E-state index in [0.717, 1.165) is 29.0 Å². The first kappa shape index (κ1) is 20.5. The van der Waals surface area contributed by atoms with Gasteiger partial charge in [0.05, 0.1) is 6.04 Å². The Labute approximate surface area is 170 Å². The Balaban J connectivity index is 1.57. The summed E-state index contributed by atoms with van der Waals surface area (Å²) in [6.07, 6.45) is 6.58. The molecule has 0 radical (unpaired) electrons. The number of likely N-dealkylation sites (N-methyl/N-ethyl adjacent to an activating group) is 1. The molecule has 1 aliphatic rings. The van der Waals surface area contributed by atoms with Crippen molar-refractivity contribution < 1.29 is 4.79 Å². The number of aromatic nitrogens is 3. The van der Waals surface area contributed by atoms with E-state index in [1.165, 1.54) is 24.1 Å². The van der Waals surface area contributed by atoms with Crippen LogP contribution in [0.25, 0.3) is 0 Å². The average Bonchev–Trinajstić information content (AvgIpc) is 3.10. The second-order valence-corrected chi connectivity index (χ2v) is 8.02. The maximum absolute atomic E-state index is 11.8. The highest BCUT2D eigenvalue weighted by Crippen LogP contribution is 2.40. The van der Waals surface area contributed by atoms with E-state index in [-0.39, 0.29) is 11.9 Å². The number of carbonyl (C=O) groups is 1. The van der Waals surface area contributed by atoms with Gasteiger partial charge in [-0.05, 0) is 32.7 Å². The van der Waals surface area contributed by atoms with Gasteiger partial charge in [-0.3, -0.25) is 4.79 Å². The molecule has 3 rings (SSSR count). The van der Waals surface area contributed by atoms with Crippen LogP contribution in [0.3, 0.4) is 0 Å². The van der Waals surface area contributed by atoms with Gasteiger partial charge in [0.15, 0.2) is 5.13 Å². The molecule has 2 aromatic rings. The van der Waals surface area contributed by atoms with Crippen molar-refractivity contribution >= 4 is 34.0 Å². The number of anilines is 3. The molecular weight excluding hydrogens is 374 g/mol. The fourth-order valence-corrected chi connectivity index (χ4v) is 3.80. The van der Waals surface area contributed by atoms with Crippen LogP contribution >= 0.6 is 11.3 Å². The maximum Gasteiger partial charge on any atom is 0.236 e. The van der Waals surface area contributed by atoms with Gasteiger partial charge in [-0.25, -0.2) is 15.0 Å². The number of nitrogens with zero attached hydrogens (tertiary/aromatic N) is 3. The van der Waals surface area contributed by atoms with E-state index >= 15 is 0 Å². The van der Waals surface area contributed by atoms with Gasteiger partial charge >= 0.3 is 0 Å². The first-order valence-corrected chi connectivity index (χ1v) is 10.7. The summed E-state index contributed by atoms with van der Waals surface area (Å²) in [5.74, 6) is 2.89. The molecular formula is C19H29N7OS. The van der Waals surface area contributed by atoms with Crippen LogP contribution in [0, 0.1) is 0 Å². The lowest BCUT2D eigenvalue weighted by Gasteiger charge is -2.23. The van der Waals surface area contributed by atoms with E-state index in [9.17, 15) is 4.79 Å². The van der Waals surface area contributed by atoms with E-state index in [4.69, 9.17) is 0 Å². The lowest BCUT2D eigenvalue weighted by Crippen LogP contribution is -2.42. The molecule has 2 heterocycles. The number of amides is 1. The maximum atomic E-state index is 11.8. The largest absolute Gasteiger partial charge is 0.368 e. The molecule has 0 aliphatic heterocycles. The molecule has 1 amide bonds. The van der Waals surface area contributed by atoms with Gasteiger partial charge in [0.1, 0.15) is 17.5 Å². The van der Waals surface area contributed by atoms with Gasteiger partial charge in [0.25, 0.3) is 0 Å². The van der Waals surface area contributed by atoms with E-state index in [2.05, 4.69) is 36.2 Å². The van der Waals surface area contributed by atoms with Gasteiger partial charge in [0.2, 0.25) is 5.91 Å². The molecule has 1 fully saturated rings. The van der Waals surface area contributed by atoms with Crippen LogP contribution in [0.1, 0.15) is 49.7 Å². The minimum atomic E-state index is -0.204. The number of hydrogen-bond donors (Lipinski definition) is 4. The normalized spacial score (nSPS) is 15.0. The highest BCUT2D eigenvalue weighted by molar-refractivity contribution is 7.15. The highest BCUT2D eigenvalue weighted by Gasteiger charge is 2.21. The molecule has 0 saturated heterocycles. The first-order chi connectivity index (χ1) is 13.6. The zero-order valence-electron chi connectivity index (χ0n) is 16.7. The van der Waals surface area contributed by atoms with Crippen LogP contribution in [0.5, 0.6) is 0 Å². The van der Waals surface area contributed by atoms with Crippen molar-refractivity contribution in [2.75, 3.05) is 30.8 Å². The summed E-state index contributed by atoms with van der Waals surface area (Å²) in [5.41, 5.74) is 0. The first-order valence-electron chi connectivity index (χ1n) is 9.88. The summed E-state index contributed by atoms with van der Waals surface area (Å²) >= 11 is 1.70. The van der Waals surface area contributed by atoms with Crippen LogP contribution < -0.4 is 21.3 Å². The van der Waals surface area contributed by atoms with Crippen LogP contribution in [-0.4, -0.2) is 47.0 Å². The molecule has 9 heteroatoms. The van der Waals surface area contributed by atoms with Crippen LogP contribution in [0.15, 0.2) is 12.3 Å². The summed E-state index contributed by atoms with van der Waals surface area (Å²) in [6, 6.07) is 1.67. The number of hydrogen-bond acceptors (Lipinski definition) is 8. The van der Waals surface area contributed by atoms with Gasteiger partial charge in [-0.2, -0.15) is 0 Å². The minimum Gasteiger partial charge on any atom is -0.368 e. The standard InChI is InChI=1S/C19H29N7OS/c1-4-15-24-16(21-8-9-22-18(27)12(2)20-3)10-17(25-15)26-19-23-11-14(28-19)13-6-5-7-13/h10-13,20H,4-9H2,1-3H3,(H,22,27)(H2,21,23,24,25,26). The van der Waals surface area contributed by atoms with Crippen LogP contribution in [-0.2, 0) is 11.2 Å². The summed E-state index contributed by atoms with van der Waals surface area (Å²) < 4.78 is 0. The Morgan fingerprint density at radius 2 is 2.07 bits per heavy atom. The fraction of sp³-hybridized carbons (Fsp3) is 0.579. The lowest BCUT2D eigenvalue weighted by atomic mass is 9.85. The Morgan fingerprint density at radius 1 is 1.29 bits per heavy atom. The molecule has 8 nitrogen and oxygen atoms in total. The molecule has 1 atom stereocenters. The van der Waals surface area contributed by atoms with Crippen molar-refractivity contribution in [3.05, 3.63) is 23.0 Å². The molecule has 28 heavy (non-hydrogen) atoms. The van der Waals surface area contributed by atoms with E-state index in [0.29, 0.717) is 19.0 Å². The van der Waals surface area contributed by atoms with Gasteiger partial charge in [-0.1, -0.05) is 13.3 Å². The third-order valence-electron chi connectivity index (χ3n) is 4.91. The summed E-state index contributed by atoms with van der Waals surface area (Å²) in [5, 5.41) is 13.2. The Bertz CT molecular complexity index is 790. The third-order valence-corrected chi connectivity index (χ3v) is 5.99. The van der Waals surface area contributed by atoms with E-state index in [1.54, 1.807) is 18.4 Å². The van der Waals surface area contributed by atoms with E-state index in [1.807, 2.05) is 26.1 Å². The molecule has 0 spiro atoms. The predicted octanol–water partition coefficient (Wildman–Crippen LogP) is 2.64. The van der Waals surface area contributed by atoms with Gasteiger partial charge in [-0.15, -0.1) is 11.3 Å². The minimum absolute atomic E-state index is 0.0189. The second-order valence-electron chi connectivity index (χ2n) is 6.96. The number of carbonyl (C=O) groups excluding carboxylic acids is 1. The number of thiazole rings is 1. The number of nitrogens with one attached hydrogen (secondary N) is 4. The highest BCUT2D eigenvalue weighted by atomic mass is 32.1. The Hall–Kier alpha value is -2.26. The Morgan fingerprint density at radius 3 is 2.75 bits per heavy atom. The molecule has 0 aromatic carbocycles. The zero-order chi connectivity index (χ0) is 19.9. The molecule has 152 valence electrons. The van der Waals surface area contributed by atoms with Crippen LogP contribution in [0.4, 0.5) is 16.8 Å². The SMILES string of the molecule is CCc1nc(NCCNC(=O)C(C)NC)cc(Nc2ncc(C3CCC3)s2)n1. The molecule has 0 bridgehead atoms.